The minimum atomic E-state index is 0.664. The molecule has 8 nitrogen and oxygen atoms in total. The normalized spacial score (nSPS) is 11.7. The summed E-state index contributed by atoms with van der Waals surface area (Å²) in [6.07, 6.45) is 5.23. The Morgan fingerprint density at radius 1 is 1.42 bits per heavy atom. The molecule has 0 atom stereocenters. The van der Waals surface area contributed by atoms with Gasteiger partial charge in [-0.1, -0.05) is 6.92 Å². The highest BCUT2D eigenvalue weighted by atomic mass is 16.5. The number of rotatable bonds is 11. The van der Waals surface area contributed by atoms with E-state index in [4.69, 9.17) is 14.1 Å². The second-order valence-corrected chi connectivity index (χ2v) is 5.91. The number of ether oxygens (including phenoxy) is 1. The monoisotopic (exact) mass is 362 g/mol. The maximum Gasteiger partial charge on any atom is 0.194 e. The highest BCUT2D eigenvalue weighted by Gasteiger charge is 2.09. The third-order valence-electron chi connectivity index (χ3n) is 3.89. The van der Waals surface area contributed by atoms with Crippen molar-refractivity contribution in [2.75, 3.05) is 33.4 Å². The van der Waals surface area contributed by atoms with Crippen LogP contribution in [0.3, 0.4) is 0 Å². The number of aliphatic imine (C=N–C) groups is 1. The summed E-state index contributed by atoms with van der Waals surface area (Å²) < 4.78 is 12.9. The van der Waals surface area contributed by atoms with Crippen LogP contribution in [0.25, 0.3) is 0 Å². The van der Waals surface area contributed by atoms with Crippen molar-refractivity contribution in [3.05, 3.63) is 36.3 Å². The predicted molar refractivity (Wildman–Crippen MR) is 101 cm³/mol. The van der Waals surface area contributed by atoms with Gasteiger partial charge in [0.05, 0.1) is 12.8 Å². The largest absolute Gasteiger partial charge is 0.467 e. The Labute approximate surface area is 155 Å². The lowest BCUT2D eigenvalue weighted by atomic mass is 10.4. The van der Waals surface area contributed by atoms with E-state index in [-0.39, 0.29) is 0 Å². The van der Waals surface area contributed by atoms with Crippen LogP contribution in [0, 0.1) is 0 Å². The van der Waals surface area contributed by atoms with E-state index in [9.17, 15) is 0 Å². The molecule has 0 bridgehead atoms. The molecule has 0 aliphatic heterocycles. The van der Waals surface area contributed by atoms with Crippen molar-refractivity contribution in [2.24, 2.45) is 4.99 Å². The lowest BCUT2D eigenvalue weighted by Crippen LogP contribution is -2.40. The van der Waals surface area contributed by atoms with Crippen LogP contribution in [0.15, 0.2) is 34.1 Å². The molecule has 0 unspecified atom stereocenters. The number of nitrogens with one attached hydrogen (secondary N) is 1. The number of hydrogen-bond acceptors (Lipinski definition) is 5. The first-order valence-electron chi connectivity index (χ1n) is 9.20. The zero-order chi connectivity index (χ0) is 18.6. The van der Waals surface area contributed by atoms with Gasteiger partial charge in [0.15, 0.2) is 5.96 Å². The Balaban J connectivity index is 1.89. The SMILES string of the molecule is CCOCCCN=C(NCCn1cnnc1CC)N(C)Cc1ccco1. The molecule has 1 N–H and O–H groups in total. The fraction of sp³-hybridized carbons (Fsp3) is 0.611. The summed E-state index contributed by atoms with van der Waals surface area (Å²) >= 11 is 0. The van der Waals surface area contributed by atoms with Gasteiger partial charge in [-0.2, -0.15) is 0 Å². The molecule has 8 heteroatoms. The van der Waals surface area contributed by atoms with Crippen LogP contribution < -0.4 is 5.32 Å². The summed E-state index contributed by atoms with van der Waals surface area (Å²) in [6.45, 7) is 8.48. The number of nitrogens with zero attached hydrogens (tertiary/aromatic N) is 5. The summed E-state index contributed by atoms with van der Waals surface area (Å²) in [6, 6.07) is 3.86. The summed E-state index contributed by atoms with van der Waals surface area (Å²) in [5.41, 5.74) is 0. The standard InChI is InChI=1S/C18H30N6O2/c1-4-17-22-21-15-24(17)11-10-20-18(19-9-7-12-25-5-2)23(3)14-16-8-6-13-26-16/h6,8,13,15H,4-5,7,9-12,14H2,1-3H3,(H,19,20). The molecule has 144 valence electrons. The van der Waals surface area contributed by atoms with Crippen molar-refractivity contribution in [1.29, 1.82) is 0 Å². The van der Waals surface area contributed by atoms with E-state index in [0.29, 0.717) is 6.54 Å². The van der Waals surface area contributed by atoms with E-state index >= 15 is 0 Å². The first-order chi connectivity index (χ1) is 12.7. The summed E-state index contributed by atoms with van der Waals surface area (Å²) in [5.74, 6) is 2.75. The van der Waals surface area contributed by atoms with Gasteiger partial charge in [-0.25, -0.2) is 0 Å². The Morgan fingerprint density at radius 2 is 2.31 bits per heavy atom. The average Bonchev–Trinajstić information content (AvgIpc) is 3.31. The zero-order valence-corrected chi connectivity index (χ0v) is 16.0. The van der Waals surface area contributed by atoms with Crippen LogP contribution in [0.4, 0.5) is 0 Å². The maximum absolute atomic E-state index is 5.44. The Morgan fingerprint density at radius 3 is 3.04 bits per heavy atom. The first kappa shape index (κ1) is 20.0. The molecule has 0 saturated heterocycles. The highest BCUT2D eigenvalue weighted by molar-refractivity contribution is 5.79. The van der Waals surface area contributed by atoms with E-state index < -0.39 is 0 Å². The Hall–Kier alpha value is -2.35. The topological polar surface area (TPSA) is 80.7 Å². The summed E-state index contributed by atoms with van der Waals surface area (Å²) in [4.78, 5) is 6.77. The van der Waals surface area contributed by atoms with Crippen LogP contribution in [-0.4, -0.2) is 59.0 Å². The van der Waals surface area contributed by atoms with Gasteiger partial charge in [-0.15, -0.1) is 10.2 Å². The van der Waals surface area contributed by atoms with Crippen LogP contribution in [0.5, 0.6) is 0 Å². The van der Waals surface area contributed by atoms with Crippen LogP contribution in [0.2, 0.25) is 0 Å². The third-order valence-corrected chi connectivity index (χ3v) is 3.89. The molecular weight excluding hydrogens is 332 g/mol. The van der Waals surface area contributed by atoms with Gasteiger partial charge in [0, 0.05) is 46.3 Å². The van der Waals surface area contributed by atoms with Crippen LogP contribution in [0.1, 0.15) is 31.9 Å². The van der Waals surface area contributed by atoms with Gasteiger partial charge in [0.2, 0.25) is 0 Å². The number of guanidine groups is 1. The molecule has 2 aromatic rings. The van der Waals surface area contributed by atoms with Gasteiger partial charge in [0.1, 0.15) is 17.9 Å². The molecule has 0 radical (unpaired) electrons. The molecule has 26 heavy (non-hydrogen) atoms. The summed E-state index contributed by atoms with van der Waals surface area (Å²) in [5, 5.41) is 11.5. The zero-order valence-electron chi connectivity index (χ0n) is 16.0. The lowest BCUT2D eigenvalue weighted by Gasteiger charge is -2.22. The number of furan rings is 1. The molecule has 0 aliphatic rings. The molecular formula is C18H30N6O2. The number of aryl methyl sites for hydroxylation is 1. The Kier molecular flexibility index (Phi) is 8.68. The maximum atomic E-state index is 5.44. The summed E-state index contributed by atoms with van der Waals surface area (Å²) in [7, 11) is 2.01. The van der Waals surface area contributed by atoms with Crippen molar-refractivity contribution < 1.29 is 9.15 Å². The van der Waals surface area contributed by atoms with Gasteiger partial charge in [-0.05, 0) is 25.5 Å². The minimum absolute atomic E-state index is 0.664. The molecule has 0 amide bonds. The van der Waals surface area contributed by atoms with Gasteiger partial charge in [-0.3, -0.25) is 4.99 Å². The van der Waals surface area contributed by atoms with Gasteiger partial charge in [0.25, 0.3) is 0 Å². The first-order valence-corrected chi connectivity index (χ1v) is 9.20. The lowest BCUT2D eigenvalue weighted by molar-refractivity contribution is 0.146. The van der Waals surface area contributed by atoms with Crippen molar-refractivity contribution >= 4 is 5.96 Å². The van der Waals surface area contributed by atoms with Crippen molar-refractivity contribution in [3.63, 3.8) is 0 Å². The quantitative estimate of drug-likeness (QED) is 0.374. The second-order valence-electron chi connectivity index (χ2n) is 5.91. The van der Waals surface area contributed by atoms with E-state index in [0.717, 1.165) is 63.2 Å². The molecule has 0 aromatic carbocycles. The van der Waals surface area contributed by atoms with Crippen molar-refractivity contribution in [1.82, 2.24) is 25.0 Å². The van der Waals surface area contributed by atoms with Gasteiger partial charge >= 0.3 is 0 Å². The van der Waals surface area contributed by atoms with E-state index in [2.05, 4.69) is 31.9 Å². The van der Waals surface area contributed by atoms with Gasteiger partial charge < -0.3 is 23.9 Å². The number of hydrogen-bond donors (Lipinski definition) is 1. The molecule has 0 fully saturated rings. The van der Waals surface area contributed by atoms with E-state index in [1.165, 1.54) is 0 Å². The fourth-order valence-corrected chi connectivity index (χ4v) is 2.55. The molecule has 0 aliphatic carbocycles. The third kappa shape index (κ3) is 6.51. The van der Waals surface area contributed by atoms with E-state index in [1.807, 2.05) is 26.1 Å². The minimum Gasteiger partial charge on any atom is -0.467 e. The smallest absolute Gasteiger partial charge is 0.194 e. The van der Waals surface area contributed by atoms with Crippen LogP contribution >= 0.6 is 0 Å². The Bertz CT molecular complexity index is 638. The van der Waals surface area contributed by atoms with E-state index in [1.54, 1.807) is 12.6 Å². The van der Waals surface area contributed by atoms with Crippen LogP contribution in [-0.2, 0) is 24.2 Å². The predicted octanol–water partition coefficient (Wildman–Crippen LogP) is 1.94. The molecule has 2 aromatic heterocycles. The fourth-order valence-electron chi connectivity index (χ4n) is 2.55. The molecule has 2 heterocycles. The number of aromatic nitrogens is 3. The van der Waals surface area contributed by atoms with Crippen molar-refractivity contribution in [3.8, 4) is 0 Å². The molecule has 0 saturated carbocycles. The average molecular weight is 362 g/mol. The highest BCUT2D eigenvalue weighted by Crippen LogP contribution is 2.04. The molecule has 0 spiro atoms. The second kappa shape index (κ2) is 11.3. The van der Waals surface area contributed by atoms with Crippen molar-refractivity contribution in [2.45, 2.75) is 39.8 Å². The molecule has 2 rings (SSSR count).